The van der Waals surface area contributed by atoms with Crippen molar-refractivity contribution in [3.8, 4) is 33.8 Å². The zero-order valence-corrected chi connectivity index (χ0v) is 30.3. The number of carbonyl (C=O) groups is 1. The molecule has 4 aromatic carbocycles. The maximum absolute atomic E-state index is 11.8. The van der Waals surface area contributed by atoms with Gasteiger partial charge < -0.3 is 64.5 Å². The monoisotopic (exact) mass is 780 g/mol. The van der Waals surface area contributed by atoms with Crippen LogP contribution in [0.2, 0.25) is 0 Å². The molecule has 4 aromatic rings. The van der Waals surface area contributed by atoms with Crippen molar-refractivity contribution in [3.63, 3.8) is 0 Å². The normalized spacial score (nSPS) is 26.9. The van der Waals surface area contributed by atoms with Crippen LogP contribution in [0.25, 0.3) is 22.3 Å². The number of benzene rings is 4. The average molecular weight is 781 g/mol. The number of carbonyl (C=O) groups excluding carboxylic acids is 3. The molecule has 16 nitrogen and oxygen atoms in total. The van der Waals surface area contributed by atoms with Gasteiger partial charge in [-0.2, -0.15) is 9.59 Å². The topological polar surface area (TPSA) is 259 Å². The Hall–Kier alpha value is -5.07. The summed E-state index contributed by atoms with van der Waals surface area (Å²) in [6, 6.07) is 28.8. The molecular formula is C40H44O16. The van der Waals surface area contributed by atoms with Gasteiger partial charge in [0.1, 0.15) is 60.3 Å². The van der Waals surface area contributed by atoms with Gasteiger partial charge in [-0.05, 0) is 42.3 Å². The minimum atomic E-state index is -1.54. The highest BCUT2D eigenvalue weighted by Crippen LogP contribution is 2.35. The van der Waals surface area contributed by atoms with Crippen molar-refractivity contribution in [2.45, 2.75) is 68.3 Å². The van der Waals surface area contributed by atoms with Crippen molar-refractivity contribution in [3.05, 3.63) is 108 Å². The smallest absolute Gasteiger partial charge is 0.373 e. The zero-order valence-electron chi connectivity index (χ0n) is 30.3. The first-order valence-corrected chi connectivity index (χ1v) is 17.3. The van der Waals surface area contributed by atoms with Gasteiger partial charge in [0.15, 0.2) is 0 Å². The summed E-state index contributed by atoms with van der Waals surface area (Å²) < 4.78 is 27.1. The number of aryl methyl sites for hydroxylation is 1. The second kappa shape index (κ2) is 20.7. The Bertz CT molecular complexity index is 1890. The Kier molecular flexibility index (Phi) is 16.2. The molecule has 0 saturated carbocycles. The summed E-state index contributed by atoms with van der Waals surface area (Å²) in [7, 11) is 1.30. The second-order valence-electron chi connectivity index (χ2n) is 12.6. The summed E-state index contributed by atoms with van der Waals surface area (Å²) in [5.41, 5.74) is 4.50. The lowest BCUT2D eigenvalue weighted by Crippen LogP contribution is -2.60. The summed E-state index contributed by atoms with van der Waals surface area (Å²) in [4.78, 5) is 28.0. The van der Waals surface area contributed by atoms with E-state index in [1.165, 1.54) is 7.11 Å². The number of rotatable bonds is 9. The van der Waals surface area contributed by atoms with E-state index in [1.807, 2.05) is 43.3 Å². The zero-order chi connectivity index (χ0) is 40.9. The van der Waals surface area contributed by atoms with Crippen LogP contribution in [-0.2, 0) is 23.8 Å². The van der Waals surface area contributed by atoms with Crippen LogP contribution in [0, 0.1) is 6.92 Å². The van der Waals surface area contributed by atoms with Crippen molar-refractivity contribution in [1.82, 2.24) is 0 Å². The standard InChI is InChI=1S/C20H22O8.C19H22O6.CO2/c1-26-19(25)12-6-4-5-11(9-12)13-7-2-3-8-14(13)27-20-18(24)17(23)16(22)15(10-21)28-20;1-11-5-4-6-12(9-11)13-7-2-3-8-14(13)24-19-18(23)17(22)16(21)15(10-20)25-19;2-1-3/h2-9,15-18,20-24H,10H2,1H3;2-9,15-23H,10H2,1H3;. The minimum Gasteiger partial charge on any atom is -0.465 e. The number of aliphatic hydroxyl groups excluding tert-OH is 8. The number of methoxy groups -OCH3 is 1. The van der Waals surface area contributed by atoms with Crippen LogP contribution < -0.4 is 9.47 Å². The molecule has 16 heteroatoms. The van der Waals surface area contributed by atoms with Crippen molar-refractivity contribution >= 4 is 12.1 Å². The number of para-hydroxylation sites is 2. The van der Waals surface area contributed by atoms with Crippen LogP contribution in [-0.4, -0.2) is 135 Å². The van der Waals surface area contributed by atoms with Crippen molar-refractivity contribution in [2.24, 2.45) is 0 Å². The van der Waals surface area contributed by atoms with Gasteiger partial charge in [-0.1, -0.05) is 78.4 Å². The van der Waals surface area contributed by atoms with Crippen LogP contribution >= 0.6 is 0 Å². The van der Waals surface area contributed by atoms with E-state index >= 15 is 0 Å². The van der Waals surface area contributed by atoms with E-state index in [9.17, 15) is 45.6 Å². The Morgan fingerprint density at radius 2 is 1.04 bits per heavy atom. The molecule has 2 aliphatic rings. The SMILES string of the molecule is COC(=O)c1cccc(-c2ccccc2OC2OC(CO)C(O)C(O)C2O)c1.Cc1cccc(-c2ccccc2OC2OC(CO)C(O)C(O)C2O)c1.O=C=O. The van der Waals surface area contributed by atoms with Crippen LogP contribution in [0.15, 0.2) is 97.1 Å². The minimum absolute atomic E-state index is 0.250. The highest BCUT2D eigenvalue weighted by molar-refractivity contribution is 5.91. The molecule has 6 rings (SSSR count). The average Bonchev–Trinajstić information content (AvgIpc) is 3.22. The third-order valence-corrected chi connectivity index (χ3v) is 8.88. The molecule has 10 unspecified atom stereocenters. The summed E-state index contributed by atoms with van der Waals surface area (Å²) in [6.07, 6.45) is -13.2. The highest BCUT2D eigenvalue weighted by Gasteiger charge is 2.46. The first kappa shape index (κ1) is 43.7. The third-order valence-electron chi connectivity index (χ3n) is 8.88. The largest absolute Gasteiger partial charge is 0.465 e. The van der Waals surface area contributed by atoms with E-state index in [-0.39, 0.29) is 6.15 Å². The number of hydrogen-bond acceptors (Lipinski definition) is 16. The molecule has 2 heterocycles. The van der Waals surface area contributed by atoms with Crippen molar-refractivity contribution in [1.29, 1.82) is 0 Å². The van der Waals surface area contributed by atoms with Crippen LogP contribution in [0.4, 0.5) is 0 Å². The maximum atomic E-state index is 11.8. The number of hydrogen-bond donors (Lipinski definition) is 8. The molecule has 2 aliphatic heterocycles. The molecular weight excluding hydrogens is 736 g/mol. The summed E-state index contributed by atoms with van der Waals surface area (Å²) >= 11 is 0. The van der Waals surface area contributed by atoms with Gasteiger partial charge in [-0.15, -0.1) is 0 Å². The Balaban J connectivity index is 0.000000234. The maximum Gasteiger partial charge on any atom is 0.373 e. The fraction of sp³-hybridized carbons (Fsp3) is 0.350. The summed E-state index contributed by atoms with van der Waals surface area (Å²) in [6.45, 7) is 0.947. The molecule has 0 aliphatic carbocycles. The van der Waals surface area contributed by atoms with E-state index in [4.69, 9.17) is 33.3 Å². The van der Waals surface area contributed by atoms with Crippen molar-refractivity contribution < 1.29 is 78.9 Å². The van der Waals surface area contributed by atoms with Crippen molar-refractivity contribution in [2.75, 3.05) is 20.3 Å². The highest BCUT2D eigenvalue weighted by atomic mass is 16.7. The van der Waals surface area contributed by atoms with Crippen LogP contribution in [0.1, 0.15) is 15.9 Å². The predicted molar refractivity (Wildman–Crippen MR) is 194 cm³/mol. The summed E-state index contributed by atoms with van der Waals surface area (Å²) in [5, 5.41) is 78.5. The van der Waals surface area contributed by atoms with Crippen LogP contribution in [0.5, 0.6) is 11.5 Å². The van der Waals surface area contributed by atoms with E-state index in [0.29, 0.717) is 28.2 Å². The molecule has 0 bridgehead atoms. The molecule has 300 valence electrons. The summed E-state index contributed by atoms with van der Waals surface area (Å²) in [5.74, 6) is 0.320. The lowest BCUT2D eigenvalue weighted by atomic mass is 9.99. The molecule has 10 atom stereocenters. The van der Waals surface area contributed by atoms with E-state index in [1.54, 1.807) is 60.7 Å². The van der Waals surface area contributed by atoms with Gasteiger partial charge in [0.25, 0.3) is 0 Å². The van der Waals surface area contributed by atoms with Gasteiger partial charge in [0.2, 0.25) is 12.6 Å². The van der Waals surface area contributed by atoms with Gasteiger partial charge in [-0.25, -0.2) is 4.79 Å². The number of esters is 1. The molecule has 0 aromatic heterocycles. The Morgan fingerprint density at radius 1 is 0.607 bits per heavy atom. The fourth-order valence-electron chi connectivity index (χ4n) is 5.94. The number of ether oxygens (including phenoxy) is 5. The molecule has 2 saturated heterocycles. The molecule has 2 fully saturated rings. The molecule has 56 heavy (non-hydrogen) atoms. The lowest BCUT2D eigenvalue weighted by Gasteiger charge is -2.39. The lowest BCUT2D eigenvalue weighted by molar-refractivity contribution is -0.277. The van der Waals surface area contributed by atoms with Gasteiger partial charge in [-0.3, -0.25) is 0 Å². The fourth-order valence-corrected chi connectivity index (χ4v) is 5.94. The molecule has 0 radical (unpaired) electrons. The predicted octanol–water partition coefficient (Wildman–Crippen LogP) is 0.576. The van der Waals surface area contributed by atoms with Gasteiger partial charge in [0, 0.05) is 11.1 Å². The van der Waals surface area contributed by atoms with E-state index in [0.717, 1.165) is 16.7 Å². The third kappa shape index (κ3) is 10.6. The van der Waals surface area contributed by atoms with Gasteiger partial charge >= 0.3 is 12.1 Å². The van der Waals surface area contributed by atoms with E-state index in [2.05, 4.69) is 0 Å². The Morgan fingerprint density at radius 3 is 1.46 bits per heavy atom. The molecule has 0 spiro atoms. The van der Waals surface area contributed by atoms with Gasteiger partial charge in [0.05, 0.1) is 25.9 Å². The first-order chi connectivity index (χ1) is 26.9. The quantitative estimate of drug-likeness (QED) is 0.108. The van der Waals surface area contributed by atoms with E-state index < -0.39 is 80.6 Å². The second-order valence-corrected chi connectivity index (χ2v) is 12.6. The first-order valence-electron chi connectivity index (χ1n) is 17.3. The Labute approximate surface area is 321 Å². The number of aliphatic hydroxyl groups is 8. The molecule has 0 amide bonds. The van der Waals surface area contributed by atoms with Crippen LogP contribution in [0.3, 0.4) is 0 Å². The molecule has 8 N–H and O–H groups in total.